The summed E-state index contributed by atoms with van der Waals surface area (Å²) in [7, 11) is 0. The van der Waals surface area contributed by atoms with Gasteiger partial charge in [0.15, 0.2) is 0 Å². The van der Waals surface area contributed by atoms with Crippen molar-refractivity contribution in [2.75, 3.05) is 6.61 Å². The molecule has 0 bridgehead atoms. The predicted octanol–water partition coefficient (Wildman–Crippen LogP) is 2.54. The highest BCUT2D eigenvalue weighted by molar-refractivity contribution is 6.31. The lowest BCUT2D eigenvalue weighted by Gasteiger charge is -2.12. The molecular formula is C10H12ClNO2. The van der Waals surface area contributed by atoms with E-state index in [4.69, 9.17) is 22.1 Å². The fourth-order valence-corrected chi connectivity index (χ4v) is 1.49. The summed E-state index contributed by atoms with van der Waals surface area (Å²) in [6, 6.07) is 7.45. The minimum absolute atomic E-state index is 0.0520. The summed E-state index contributed by atoms with van der Waals surface area (Å²) in [4.78, 5) is 10.4. The van der Waals surface area contributed by atoms with Crippen LogP contribution < -0.4 is 5.73 Å². The van der Waals surface area contributed by atoms with Crippen molar-refractivity contribution in [3.8, 4) is 0 Å². The van der Waals surface area contributed by atoms with E-state index >= 15 is 0 Å². The first-order chi connectivity index (χ1) is 6.61. The van der Waals surface area contributed by atoms with Crippen LogP contribution in [0.15, 0.2) is 24.3 Å². The lowest BCUT2D eigenvalue weighted by Crippen LogP contribution is -2.16. The van der Waals surface area contributed by atoms with Crippen LogP contribution in [0.25, 0.3) is 0 Å². The van der Waals surface area contributed by atoms with Gasteiger partial charge in [-0.3, -0.25) is 0 Å². The molecule has 1 amide bonds. The standard InChI is InChI=1S/C10H12ClNO2/c1-7(6-14-10(12)13)8-4-2-3-5-9(8)11/h2-5,7H,6H2,1H3,(H2,12,13). The van der Waals surface area contributed by atoms with Gasteiger partial charge in [-0.25, -0.2) is 4.79 Å². The summed E-state index contributed by atoms with van der Waals surface area (Å²) in [6.45, 7) is 2.17. The van der Waals surface area contributed by atoms with Crippen LogP contribution in [0.5, 0.6) is 0 Å². The molecule has 2 N–H and O–H groups in total. The average Bonchev–Trinajstić information content (AvgIpc) is 2.15. The summed E-state index contributed by atoms with van der Waals surface area (Å²) >= 11 is 5.96. The van der Waals surface area contributed by atoms with Gasteiger partial charge in [0.2, 0.25) is 0 Å². The van der Waals surface area contributed by atoms with E-state index in [1.807, 2.05) is 25.1 Å². The van der Waals surface area contributed by atoms with Gasteiger partial charge in [0.1, 0.15) is 0 Å². The normalized spacial score (nSPS) is 12.1. The van der Waals surface area contributed by atoms with Crippen molar-refractivity contribution in [1.29, 1.82) is 0 Å². The zero-order valence-corrected chi connectivity index (χ0v) is 8.62. The Morgan fingerprint density at radius 2 is 2.21 bits per heavy atom. The smallest absolute Gasteiger partial charge is 0.404 e. The van der Waals surface area contributed by atoms with Crippen LogP contribution in [0.4, 0.5) is 4.79 Å². The minimum Gasteiger partial charge on any atom is -0.449 e. The van der Waals surface area contributed by atoms with E-state index in [0.717, 1.165) is 5.56 Å². The molecule has 0 heterocycles. The van der Waals surface area contributed by atoms with Crippen molar-refractivity contribution in [3.05, 3.63) is 34.9 Å². The van der Waals surface area contributed by atoms with Crippen LogP contribution in [0.1, 0.15) is 18.4 Å². The number of halogens is 1. The molecule has 0 saturated carbocycles. The number of nitrogens with two attached hydrogens (primary N) is 1. The van der Waals surface area contributed by atoms with Crippen LogP contribution in [0, 0.1) is 0 Å². The van der Waals surface area contributed by atoms with Crippen LogP contribution in [-0.4, -0.2) is 12.7 Å². The summed E-state index contributed by atoms with van der Waals surface area (Å²) in [5.74, 6) is 0.0520. The topological polar surface area (TPSA) is 52.3 Å². The molecule has 76 valence electrons. The Morgan fingerprint density at radius 1 is 1.57 bits per heavy atom. The Labute approximate surface area is 87.8 Å². The molecule has 0 aliphatic rings. The molecular weight excluding hydrogens is 202 g/mol. The van der Waals surface area contributed by atoms with E-state index in [1.165, 1.54) is 0 Å². The average molecular weight is 214 g/mol. The highest BCUT2D eigenvalue weighted by atomic mass is 35.5. The molecule has 1 aromatic rings. The second-order valence-corrected chi connectivity index (χ2v) is 3.46. The fourth-order valence-electron chi connectivity index (χ4n) is 1.17. The van der Waals surface area contributed by atoms with Gasteiger partial charge in [0.05, 0.1) is 6.61 Å². The van der Waals surface area contributed by atoms with Crippen molar-refractivity contribution in [1.82, 2.24) is 0 Å². The summed E-state index contributed by atoms with van der Waals surface area (Å²) < 4.78 is 4.69. The van der Waals surface area contributed by atoms with Crippen molar-refractivity contribution in [2.45, 2.75) is 12.8 Å². The fraction of sp³-hybridized carbons (Fsp3) is 0.300. The SMILES string of the molecule is CC(COC(N)=O)c1ccccc1Cl. The Kier molecular flexibility index (Phi) is 3.77. The maximum Gasteiger partial charge on any atom is 0.404 e. The lowest BCUT2D eigenvalue weighted by molar-refractivity contribution is 0.151. The summed E-state index contributed by atoms with van der Waals surface area (Å²) in [5.41, 5.74) is 5.82. The zero-order chi connectivity index (χ0) is 10.6. The van der Waals surface area contributed by atoms with E-state index in [9.17, 15) is 4.79 Å². The monoisotopic (exact) mass is 213 g/mol. The summed E-state index contributed by atoms with van der Waals surface area (Å²) in [5, 5.41) is 0.674. The number of rotatable bonds is 3. The number of benzene rings is 1. The molecule has 0 spiro atoms. The van der Waals surface area contributed by atoms with Crippen molar-refractivity contribution in [2.24, 2.45) is 5.73 Å². The minimum atomic E-state index is -0.760. The zero-order valence-electron chi connectivity index (χ0n) is 7.87. The third-order valence-corrected chi connectivity index (χ3v) is 2.26. The molecule has 1 atom stereocenters. The molecule has 0 fully saturated rings. The van der Waals surface area contributed by atoms with Gasteiger partial charge in [-0.05, 0) is 11.6 Å². The van der Waals surface area contributed by atoms with Crippen LogP contribution >= 0.6 is 11.6 Å². The Morgan fingerprint density at radius 3 is 2.79 bits per heavy atom. The first-order valence-electron chi connectivity index (χ1n) is 4.28. The van der Waals surface area contributed by atoms with E-state index in [1.54, 1.807) is 6.07 Å². The molecule has 0 saturated heterocycles. The number of carbonyl (C=O) groups excluding carboxylic acids is 1. The van der Waals surface area contributed by atoms with Gasteiger partial charge in [-0.15, -0.1) is 0 Å². The quantitative estimate of drug-likeness (QED) is 0.839. The molecule has 14 heavy (non-hydrogen) atoms. The number of carbonyl (C=O) groups is 1. The maximum atomic E-state index is 10.4. The van der Waals surface area contributed by atoms with Crippen molar-refractivity contribution in [3.63, 3.8) is 0 Å². The Bertz CT molecular complexity index is 328. The van der Waals surface area contributed by atoms with Gasteiger partial charge < -0.3 is 10.5 Å². The van der Waals surface area contributed by atoms with E-state index in [0.29, 0.717) is 5.02 Å². The number of primary amides is 1. The molecule has 1 aromatic carbocycles. The number of ether oxygens (including phenoxy) is 1. The second-order valence-electron chi connectivity index (χ2n) is 3.05. The van der Waals surface area contributed by atoms with Crippen molar-refractivity contribution < 1.29 is 9.53 Å². The van der Waals surface area contributed by atoms with Gasteiger partial charge in [0, 0.05) is 10.9 Å². The van der Waals surface area contributed by atoms with Gasteiger partial charge in [-0.1, -0.05) is 36.7 Å². The highest BCUT2D eigenvalue weighted by Crippen LogP contribution is 2.23. The van der Waals surface area contributed by atoms with Crippen molar-refractivity contribution >= 4 is 17.7 Å². The third-order valence-electron chi connectivity index (χ3n) is 1.91. The first kappa shape index (κ1) is 10.9. The van der Waals surface area contributed by atoms with Gasteiger partial charge >= 0.3 is 6.09 Å². The molecule has 0 aromatic heterocycles. The lowest BCUT2D eigenvalue weighted by atomic mass is 10.0. The van der Waals surface area contributed by atoms with E-state index in [-0.39, 0.29) is 12.5 Å². The van der Waals surface area contributed by atoms with E-state index in [2.05, 4.69) is 0 Å². The van der Waals surface area contributed by atoms with Gasteiger partial charge in [-0.2, -0.15) is 0 Å². The third kappa shape index (κ3) is 2.92. The maximum absolute atomic E-state index is 10.4. The van der Waals surface area contributed by atoms with Crippen LogP contribution in [0.2, 0.25) is 5.02 Å². The molecule has 3 nitrogen and oxygen atoms in total. The molecule has 0 radical (unpaired) electrons. The molecule has 4 heteroatoms. The molecule has 0 aliphatic carbocycles. The van der Waals surface area contributed by atoms with Crippen LogP contribution in [-0.2, 0) is 4.74 Å². The summed E-state index contributed by atoms with van der Waals surface area (Å²) in [6.07, 6.45) is -0.760. The number of hydrogen-bond acceptors (Lipinski definition) is 2. The molecule has 0 aliphatic heterocycles. The molecule has 1 unspecified atom stereocenters. The van der Waals surface area contributed by atoms with Gasteiger partial charge in [0.25, 0.3) is 0 Å². The number of amides is 1. The second kappa shape index (κ2) is 4.86. The number of hydrogen-bond donors (Lipinski definition) is 1. The molecule has 1 rings (SSSR count). The largest absolute Gasteiger partial charge is 0.449 e. The Hall–Kier alpha value is -1.22. The first-order valence-corrected chi connectivity index (χ1v) is 4.65. The Balaban J connectivity index is 2.65. The highest BCUT2D eigenvalue weighted by Gasteiger charge is 2.10. The predicted molar refractivity (Wildman–Crippen MR) is 55.4 cm³/mol. The van der Waals surface area contributed by atoms with Crippen LogP contribution in [0.3, 0.4) is 0 Å². The van der Waals surface area contributed by atoms with E-state index < -0.39 is 6.09 Å².